The zero-order chi connectivity index (χ0) is 13.6. The van der Waals surface area contributed by atoms with E-state index in [4.69, 9.17) is 15.6 Å². The summed E-state index contributed by atoms with van der Waals surface area (Å²) < 4.78 is 5.07. The fourth-order valence-electron chi connectivity index (χ4n) is 2.84. The van der Waals surface area contributed by atoms with Gasteiger partial charge in [-0.3, -0.25) is 0 Å². The van der Waals surface area contributed by atoms with Gasteiger partial charge in [0.2, 0.25) is 0 Å². The quantitative estimate of drug-likeness (QED) is 0.768. The Balaban J connectivity index is 2.16. The van der Waals surface area contributed by atoms with E-state index in [-0.39, 0.29) is 0 Å². The number of carbonyl (C=O) groups excluding carboxylic acids is 1. The molecule has 0 aromatic rings. The second kappa shape index (κ2) is 6.98. The molecule has 0 spiro atoms. The van der Waals surface area contributed by atoms with Crippen LogP contribution in [0.4, 0.5) is 4.79 Å². The normalized spacial score (nSPS) is 24.8. The zero-order valence-electron chi connectivity index (χ0n) is 11.7. The third kappa shape index (κ3) is 5.71. The SMILES string of the molecule is CC(C)(CCC[C@H]1CC[C@H](CO)CC1)OC(N)=O. The number of aliphatic hydroxyl groups excluding tert-OH is 1. The standard InChI is InChI=1S/C14H27NO3/c1-14(2,18-13(15)17)9-3-4-11-5-7-12(10-16)8-6-11/h11-12,16H,3-10H2,1-2H3,(H2,15,17)/t11-,12-. The van der Waals surface area contributed by atoms with Gasteiger partial charge in [-0.2, -0.15) is 0 Å². The number of rotatable bonds is 6. The lowest BCUT2D eigenvalue weighted by Gasteiger charge is -2.29. The van der Waals surface area contributed by atoms with Crippen molar-refractivity contribution in [1.82, 2.24) is 0 Å². The third-order valence-corrected chi connectivity index (χ3v) is 3.99. The molecule has 1 rings (SSSR count). The summed E-state index contributed by atoms with van der Waals surface area (Å²) in [7, 11) is 0. The minimum atomic E-state index is -0.691. The van der Waals surface area contributed by atoms with Crippen LogP contribution in [0.15, 0.2) is 0 Å². The molecule has 0 aliphatic heterocycles. The molecule has 1 fully saturated rings. The molecular weight excluding hydrogens is 230 g/mol. The average Bonchev–Trinajstić information content (AvgIpc) is 2.28. The Labute approximate surface area is 110 Å². The molecule has 1 aliphatic rings. The fraction of sp³-hybridized carbons (Fsp3) is 0.929. The van der Waals surface area contributed by atoms with Gasteiger partial charge in [-0.1, -0.05) is 19.3 Å². The lowest BCUT2D eigenvalue weighted by Crippen LogP contribution is -2.31. The van der Waals surface area contributed by atoms with Crippen LogP contribution in [-0.4, -0.2) is 23.4 Å². The summed E-state index contributed by atoms with van der Waals surface area (Å²) in [4.78, 5) is 10.7. The van der Waals surface area contributed by atoms with Gasteiger partial charge in [-0.25, -0.2) is 4.79 Å². The molecule has 1 amide bonds. The number of hydrogen-bond donors (Lipinski definition) is 2. The number of amides is 1. The summed E-state index contributed by atoms with van der Waals surface area (Å²) in [5.41, 5.74) is 4.59. The van der Waals surface area contributed by atoms with Crippen molar-refractivity contribution in [3.8, 4) is 0 Å². The molecule has 0 aromatic carbocycles. The number of aliphatic hydroxyl groups is 1. The Morgan fingerprint density at radius 2 is 1.83 bits per heavy atom. The Hall–Kier alpha value is -0.770. The minimum absolute atomic E-state index is 0.339. The second-order valence-electron chi connectivity index (χ2n) is 6.14. The van der Waals surface area contributed by atoms with Gasteiger partial charge in [0.25, 0.3) is 0 Å². The van der Waals surface area contributed by atoms with E-state index in [2.05, 4.69) is 0 Å². The van der Waals surface area contributed by atoms with Crippen LogP contribution >= 0.6 is 0 Å². The van der Waals surface area contributed by atoms with Gasteiger partial charge in [0.05, 0.1) is 0 Å². The van der Waals surface area contributed by atoms with Gasteiger partial charge in [-0.15, -0.1) is 0 Å². The van der Waals surface area contributed by atoms with Crippen molar-refractivity contribution in [3.63, 3.8) is 0 Å². The van der Waals surface area contributed by atoms with Gasteiger partial charge in [0.1, 0.15) is 5.60 Å². The minimum Gasteiger partial charge on any atom is -0.444 e. The van der Waals surface area contributed by atoms with E-state index in [1.54, 1.807) is 0 Å². The van der Waals surface area contributed by atoms with E-state index >= 15 is 0 Å². The molecule has 1 aliphatic carbocycles. The molecule has 3 N–H and O–H groups in total. The Bertz CT molecular complexity index is 258. The molecule has 4 heteroatoms. The number of nitrogens with two attached hydrogens (primary N) is 1. The highest BCUT2D eigenvalue weighted by Crippen LogP contribution is 2.32. The molecule has 4 nitrogen and oxygen atoms in total. The first-order chi connectivity index (χ1) is 8.43. The van der Waals surface area contributed by atoms with Gasteiger partial charge < -0.3 is 15.6 Å². The number of ether oxygens (including phenoxy) is 1. The predicted octanol–water partition coefficient (Wildman–Crippen LogP) is 2.83. The van der Waals surface area contributed by atoms with Crippen molar-refractivity contribution in [2.75, 3.05) is 6.61 Å². The first-order valence-electron chi connectivity index (χ1n) is 7.02. The number of hydrogen-bond acceptors (Lipinski definition) is 3. The molecule has 0 bridgehead atoms. The predicted molar refractivity (Wildman–Crippen MR) is 71.1 cm³/mol. The lowest BCUT2D eigenvalue weighted by atomic mass is 9.79. The highest BCUT2D eigenvalue weighted by Gasteiger charge is 2.24. The van der Waals surface area contributed by atoms with E-state index in [1.165, 1.54) is 19.3 Å². The van der Waals surface area contributed by atoms with E-state index in [1.807, 2.05) is 13.8 Å². The molecule has 0 atom stereocenters. The highest BCUT2D eigenvalue weighted by atomic mass is 16.6. The topological polar surface area (TPSA) is 72.6 Å². The van der Waals surface area contributed by atoms with Gasteiger partial charge in [0, 0.05) is 6.61 Å². The maximum Gasteiger partial charge on any atom is 0.405 e. The van der Waals surface area contributed by atoms with Gasteiger partial charge in [-0.05, 0) is 51.4 Å². The Morgan fingerprint density at radius 3 is 2.33 bits per heavy atom. The molecule has 0 unspecified atom stereocenters. The van der Waals surface area contributed by atoms with Crippen LogP contribution in [0.2, 0.25) is 0 Å². The summed E-state index contributed by atoms with van der Waals surface area (Å²) in [6.07, 6.45) is 7.17. The molecule has 0 heterocycles. The van der Waals surface area contributed by atoms with Crippen molar-refractivity contribution < 1.29 is 14.6 Å². The largest absolute Gasteiger partial charge is 0.444 e. The number of carbonyl (C=O) groups is 1. The molecule has 1 saturated carbocycles. The van der Waals surface area contributed by atoms with Crippen molar-refractivity contribution in [1.29, 1.82) is 0 Å². The Morgan fingerprint density at radius 1 is 1.28 bits per heavy atom. The van der Waals surface area contributed by atoms with Crippen molar-refractivity contribution in [3.05, 3.63) is 0 Å². The molecular formula is C14H27NO3. The first-order valence-corrected chi connectivity index (χ1v) is 7.02. The van der Waals surface area contributed by atoms with Crippen LogP contribution in [0.25, 0.3) is 0 Å². The number of primary amides is 1. The van der Waals surface area contributed by atoms with Crippen LogP contribution in [0, 0.1) is 11.8 Å². The first kappa shape index (κ1) is 15.3. The van der Waals surface area contributed by atoms with E-state index in [0.29, 0.717) is 12.5 Å². The van der Waals surface area contributed by atoms with E-state index in [9.17, 15) is 4.79 Å². The summed E-state index contributed by atoms with van der Waals surface area (Å²) >= 11 is 0. The smallest absolute Gasteiger partial charge is 0.405 e. The molecule has 0 radical (unpaired) electrons. The van der Waals surface area contributed by atoms with Crippen molar-refractivity contribution in [2.45, 2.75) is 64.4 Å². The van der Waals surface area contributed by atoms with Crippen LogP contribution in [0.3, 0.4) is 0 Å². The molecule has 0 saturated heterocycles. The fourth-order valence-corrected chi connectivity index (χ4v) is 2.84. The average molecular weight is 257 g/mol. The van der Waals surface area contributed by atoms with Crippen LogP contribution in [-0.2, 0) is 4.74 Å². The summed E-state index contributed by atoms with van der Waals surface area (Å²) in [6, 6.07) is 0. The maximum absolute atomic E-state index is 10.7. The Kier molecular flexibility index (Phi) is 5.93. The molecule has 0 aromatic heterocycles. The van der Waals surface area contributed by atoms with Crippen LogP contribution in [0.1, 0.15) is 58.8 Å². The monoisotopic (exact) mass is 257 g/mol. The van der Waals surface area contributed by atoms with Crippen LogP contribution in [0.5, 0.6) is 0 Å². The van der Waals surface area contributed by atoms with Crippen molar-refractivity contribution >= 4 is 6.09 Å². The summed E-state index contributed by atoms with van der Waals surface area (Å²) in [5.74, 6) is 1.30. The van der Waals surface area contributed by atoms with Crippen LogP contribution < -0.4 is 5.73 Å². The highest BCUT2D eigenvalue weighted by molar-refractivity contribution is 5.65. The van der Waals surface area contributed by atoms with E-state index in [0.717, 1.165) is 31.6 Å². The van der Waals surface area contributed by atoms with Gasteiger partial charge in [0.15, 0.2) is 0 Å². The molecule has 106 valence electrons. The maximum atomic E-state index is 10.7. The second-order valence-corrected chi connectivity index (χ2v) is 6.14. The van der Waals surface area contributed by atoms with Crippen molar-refractivity contribution in [2.24, 2.45) is 17.6 Å². The summed E-state index contributed by atoms with van der Waals surface area (Å²) in [6.45, 7) is 4.15. The lowest BCUT2D eigenvalue weighted by molar-refractivity contribution is 0.0357. The summed E-state index contributed by atoms with van der Waals surface area (Å²) in [5, 5.41) is 9.08. The van der Waals surface area contributed by atoms with Gasteiger partial charge >= 0.3 is 6.09 Å². The molecule has 18 heavy (non-hydrogen) atoms. The third-order valence-electron chi connectivity index (χ3n) is 3.99. The van der Waals surface area contributed by atoms with E-state index < -0.39 is 11.7 Å². The zero-order valence-corrected chi connectivity index (χ0v) is 11.7.